The summed E-state index contributed by atoms with van der Waals surface area (Å²) >= 11 is 4.55. The average Bonchev–Trinajstić information content (AvgIpc) is 2.88. The number of ether oxygens (including phenoxy) is 1. The Bertz CT molecular complexity index is 789. The van der Waals surface area contributed by atoms with Crippen LogP contribution in [0.25, 0.3) is 16.6 Å². The zero-order valence-electron chi connectivity index (χ0n) is 11.8. The average molecular weight is 283 g/mol. The van der Waals surface area contributed by atoms with Crippen LogP contribution in [0.1, 0.15) is 11.1 Å². The predicted molar refractivity (Wildman–Crippen MR) is 86.6 cm³/mol. The maximum Gasteiger partial charge on any atom is 0.119 e. The summed E-state index contributed by atoms with van der Waals surface area (Å²) in [7, 11) is 1.69. The maximum atomic E-state index is 5.28. The largest absolute Gasteiger partial charge is 0.497 e. The molecule has 0 radical (unpaired) electrons. The Morgan fingerprint density at radius 3 is 2.50 bits per heavy atom. The van der Waals surface area contributed by atoms with Crippen molar-refractivity contribution in [2.75, 3.05) is 7.11 Å². The van der Waals surface area contributed by atoms with Gasteiger partial charge in [-0.1, -0.05) is 6.07 Å². The second-order valence-corrected chi connectivity index (χ2v) is 5.48. The van der Waals surface area contributed by atoms with Gasteiger partial charge in [-0.2, -0.15) is 0 Å². The lowest BCUT2D eigenvalue weighted by Crippen LogP contribution is -1.97. The third-order valence-corrected chi connectivity index (χ3v) is 4.08. The minimum absolute atomic E-state index is 0.884. The molecule has 20 heavy (non-hydrogen) atoms. The Morgan fingerprint density at radius 1 is 1.00 bits per heavy atom. The van der Waals surface area contributed by atoms with Crippen LogP contribution in [0.5, 0.6) is 5.75 Å². The molecule has 2 nitrogen and oxygen atoms in total. The Morgan fingerprint density at radius 2 is 1.80 bits per heavy atom. The van der Waals surface area contributed by atoms with Crippen LogP contribution in [0.2, 0.25) is 0 Å². The fourth-order valence-electron chi connectivity index (χ4n) is 2.64. The van der Waals surface area contributed by atoms with Crippen molar-refractivity contribution in [3.8, 4) is 11.4 Å². The number of nitrogens with zero attached hydrogens (tertiary/aromatic N) is 1. The summed E-state index contributed by atoms with van der Waals surface area (Å²) < 4.78 is 7.50. The molecular weight excluding hydrogens is 266 g/mol. The molecule has 1 heterocycles. The smallest absolute Gasteiger partial charge is 0.119 e. The van der Waals surface area contributed by atoms with E-state index in [0.29, 0.717) is 0 Å². The minimum atomic E-state index is 0.884. The molecule has 0 fully saturated rings. The van der Waals surface area contributed by atoms with Crippen LogP contribution >= 0.6 is 12.6 Å². The van der Waals surface area contributed by atoms with E-state index in [0.717, 1.165) is 10.6 Å². The topological polar surface area (TPSA) is 14.2 Å². The van der Waals surface area contributed by atoms with Gasteiger partial charge in [-0.3, -0.25) is 0 Å². The van der Waals surface area contributed by atoms with E-state index in [9.17, 15) is 0 Å². The van der Waals surface area contributed by atoms with E-state index in [1.165, 1.54) is 27.7 Å². The molecular formula is C17H17NOS. The molecule has 0 N–H and O–H groups in total. The second-order valence-electron chi connectivity index (χ2n) is 5.00. The first kappa shape index (κ1) is 13.1. The number of aromatic nitrogens is 1. The molecule has 102 valence electrons. The van der Waals surface area contributed by atoms with Crippen molar-refractivity contribution in [2.24, 2.45) is 0 Å². The molecule has 0 unspecified atom stereocenters. The third-order valence-electron chi connectivity index (χ3n) is 3.69. The number of fused-ring (bicyclic) bond motifs is 1. The normalized spacial score (nSPS) is 11.0. The van der Waals surface area contributed by atoms with Gasteiger partial charge in [0.15, 0.2) is 0 Å². The zero-order valence-corrected chi connectivity index (χ0v) is 12.7. The third kappa shape index (κ3) is 1.98. The van der Waals surface area contributed by atoms with E-state index < -0.39 is 0 Å². The molecule has 0 atom stereocenters. The lowest BCUT2D eigenvalue weighted by atomic mass is 10.1. The van der Waals surface area contributed by atoms with E-state index in [1.54, 1.807) is 7.11 Å². The Hall–Kier alpha value is -1.87. The Kier molecular flexibility index (Phi) is 3.22. The molecule has 0 bridgehead atoms. The van der Waals surface area contributed by atoms with Crippen LogP contribution in [0, 0.1) is 13.8 Å². The van der Waals surface area contributed by atoms with Gasteiger partial charge < -0.3 is 9.30 Å². The Balaban J connectivity index is 2.28. The summed E-state index contributed by atoms with van der Waals surface area (Å²) in [5, 5.41) is 1.18. The molecule has 0 amide bonds. The van der Waals surface area contributed by atoms with Gasteiger partial charge in [0.05, 0.1) is 12.6 Å². The lowest BCUT2D eigenvalue weighted by molar-refractivity contribution is 0.414. The number of aryl methyl sites for hydroxylation is 2. The number of thiol groups is 1. The van der Waals surface area contributed by atoms with E-state index in [4.69, 9.17) is 4.74 Å². The first-order valence-corrected chi connectivity index (χ1v) is 7.01. The molecule has 0 aliphatic heterocycles. The van der Waals surface area contributed by atoms with Crippen molar-refractivity contribution in [2.45, 2.75) is 18.7 Å². The Labute approximate surface area is 124 Å². The van der Waals surface area contributed by atoms with Crippen LogP contribution in [0.15, 0.2) is 47.5 Å². The maximum absolute atomic E-state index is 5.28. The summed E-state index contributed by atoms with van der Waals surface area (Å²) in [6, 6.07) is 12.4. The SMILES string of the molecule is COc1ccc(-n2ccc3c(S)ccc(C)c32)c(C)c1. The van der Waals surface area contributed by atoms with E-state index in [2.05, 4.69) is 61.5 Å². The summed E-state index contributed by atoms with van der Waals surface area (Å²) in [5.41, 5.74) is 4.82. The van der Waals surface area contributed by atoms with Crippen LogP contribution in [-0.2, 0) is 0 Å². The van der Waals surface area contributed by atoms with Crippen LogP contribution in [0.4, 0.5) is 0 Å². The number of rotatable bonds is 2. The molecule has 0 spiro atoms. The monoisotopic (exact) mass is 283 g/mol. The van der Waals surface area contributed by atoms with Gasteiger partial charge >= 0.3 is 0 Å². The van der Waals surface area contributed by atoms with Crippen molar-refractivity contribution in [1.82, 2.24) is 4.57 Å². The predicted octanol–water partition coefficient (Wildman–Crippen LogP) is 4.54. The molecule has 2 aromatic carbocycles. The summed E-state index contributed by atoms with van der Waals surface area (Å²) in [4.78, 5) is 1.01. The highest BCUT2D eigenvalue weighted by molar-refractivity contribution is 7.80. The van der Waals surface area contributed by atoms with Gasteiger partial charge in [-0.05, 0) is 55.3 Å². The van der Waals surface area contributed by atoms with Crippen molar-refractivity contribution >= 4 is 23.5 Å². The van der Waals surface area contributed by atoms with Crippen LogP contribution in [-0.4, -0.2) is 11.7 Å². The quantitative estimate of drug-likeness (QED) is 0.682. The van der Waals surface area contributed by atoms with Crippen LogP contribution in [0.3, 0.4) is 0 Å². The van der Waals surface area contributed by atoms with Gasteiger partial charge in [-0.25, -0.2) is 0 Å². The number of methoxy groups -OCH3 is 1. The molecule has 0 saturated carbocycles. The van der Waals surface area contributed by atoms with E-state index >= 15 is 0 Å². The molecule has 3 rings (SSSR count). The minimum Gasteiger partial charge on any atom is -0.497 e. The summed E-state index contributed by atoms with van der Waals surface area (Å²) in [5.74, 6) is 0.884. The molecule has 0 aliphatic carbocycles. The zero-order chi connectivity index (χ0) is 14.3. The molecule has 3 aromatic rings. The summed E-state index contributed by atoms with van der Waals surface area (Å²) in [6.45, 7) is 4.23. The van der Waals surface area contributed by atoms with Gasteiger partial charge in [0.2, 0.25) is 0 Å². The second kappa shape index (κ2) is 4.91. The highest BCUT2D eigenvalue weighted by Crippen LogP contribution is 2.30. The molecule has 0 aliphatic rings. The lowest BCUT2D eigenvalue weighted by Gasteiger charge is -2.12. The fraction of sp³-hybridized carbons (Fsp3) is 0.176. The first-order valence-electron chi connectivity index (χ1n) is 6.56. The van der Waals surface area contributed by atoms with Crippen molar-refractivity contribution in [1.29, 1.82) is 0 Å². The highest BCUT2D eigenvalue weighted by atomic mass is 32.1. The van der Waals surface area contributed by atoms with Crippen LogP contribution < -0.4 is 4.74 Å². The van der Waals surface area contributed by atoms with Gasteiger partial charge in [-0.15, -0.1) is 12.6 Å². The summed E-state index contributed by atoms with van der Waals surface area (Å²) in [6.07, 6.45) is 2.10. The standard InChI is InChI=1S/C17H17NOS/c1-11-4-7-16(20)14-8-9-18(17(11)14)15-6-5-13(19-3)10-12(15)2/h4-10,20H,1-3H3. The molecule has 0 saturated heterocycles. The highest BCUT2D eigenvalue weighted by Gasteiger charge is 2.10. The molecule has 1 aromatic heterocycles. The van der Waals surface area contributed by atoms with Gasteiger partial charge in [0.25, 0.3) is 0 Å². The van der Waals surface area contributed by atoms with Crippen molar-refractivity contribution in [3.05, 3.63) is 53.7 Å². The van der Waals surface area contributed by atoms with E-state index in [-0.39, 0.29) is 0 Å². The van der Waals surface area contributed by atoms with E-state index in [1.807, 2.05) is 12.1 Å². The van der Waals surface area contributed by atoms with Gasteiger partial charge in [0.1, 0.15) is 5.75 Å². The van der Waals surface area contributed by atoms with Crippen molar-refractivity contribution < 1.29 is 4.74 Å². The van der Waals surface area contributed by atoms with Crippen molar-refractivity contribution in [3.63, 3.8) is 0 Å². The first-order chi connectivity index (χ1) is 9.61. The van der Waals surface area contributed by atoms with Gasteiger partial charge in [0, 0.05) is 22.2 Å². The number of hydrogen-bond acceptors (Lipinski definition) is 2. The molecule has 3 heteroatoms. The fourth-order valence-corrected chi connectivity index (χ4v) is 2.90. The number of benzene rings is 2. The number of hydrogen-bond donors (Lipinski definition) is 1.